The summed E-state index contributed by atoms with van der Waals surface area (Å²) in [6, 6.07) is 12.1. The highest BCUT2D eigenvalue weighted by molar-refractivity contribution is 5.96. The molecule has 5 nitrogen and oxygen atoms in total. The van der Waals surface area contributed by atoms with Crippen LogP contribution in [0.25, 0.3) is 0 Å². The number of carbonyl (C=O) groups excluding carboxylic acids is 1. The van der Waals surface area contributed by atoms with Gasteiger partial charge < -0.3 is 10.2 Å². The summed E-state index contributed by atoms with van der Waals surface area (Å²) >= 11 is 0. The average Bonchev–Trinajstić information content (AvgIpc) is 3.16. The molecular formula is C18H22N4O. The molecule has 1 unspecified atom stereocenters. The molecular weight excluding hydrogens is 288 g/mol. The molecule has 1 aromatic heterocycles. The van der Waals surface area contributed by atoms with E-state index in [1.807, 2.05) is 36.0 Å². The van der Waals surface area contributed by atoms with E-state index in [2.05, 4.69) is 27.4 Å². The third-order valence-electron chi connectivity index (χ3n) is 4.81. The van der Waals surface area contributed by atoms with Crippen LogP contribution in [-0.2, 0) is 11.8 Å². The molecule has 0 bridgehead atoms. The van der Waals surface area contributed by atoms with Crippen molar-refractivity contribution in [2.24, 2.45) is 7.05 Å². The van der Waals surface area contributed by atoms with Gasteiger partial charge in [-0.15, -0.1) is 0 Å². The minimum absolute atomic E-state index is 0.0480. The third-order valence-corrected chi connectivity index (χ3v) is 4.81. The number of carbonyl (C=O) groups is 1. The second-order valence-corrected chi connectivity index (χ2v) is 6.53. The van der Waals surface area contributed by atoms with E-state index in [9.17, 15) is 4.79 Å². The van der Waals surface area contributed by atoms with Gasteiger partial charge in [0.2, 0.25) is 5.91 Å². The van der Waals surface area contributed by atoms with Gasteiger partial charge in [-0.25, -0.2) is 0 Å². The van der Waals surface area contributed by atoms with Crippen LogP contribution in [0.1, 0.15) is 37.3 Å². The van der Waals surface area contributed by atoms with Crippen LogP contribution in [0.3, 0.4) is 0 Å². The summed E-state index contributed by atoms with van der Waals surface area (Å²) in [5.74, 6) is 1.36. The van der Waals surface area contributed by atoms with Crippen LogP contribution in [0.15, 0.2) is 36.4 Å². The van der Waals surface area contributed by atoms with Gasteiger partial charge in [-0.05, 0) is 37.8 Å². The smallest absolute Gasteiger partial charge is 0.248 e. The monoisotopic (exact) mass is 310 g/mol. The van der Waals surface area contributed by atoms with Crippen molar-refractivity contribution < 1.29 is 4.79 Å². The van der Waals surface area contributed by atoms with Crippen LogP contribution in [0.4, 0.5) is 11.5 Å². The molecule has 2 aromatic rings. The molecule has 1 aliphatic heterocycles. The summed E-state index contributed by atoms with van der Waals surface area (Å²) in [6.07, 6.45) is 4.40. The molecule has 2 fully saturated rings. The highest BCUT2D eigenvalue weighted by Crippen LogP contribution is 2.40. The Kier molecular flexibility index (Phi) is 3.56. The van der Waals surface area contributed by atoms with E-state index in [1.165, 1.54) is 18.5 Å². The van der Waals surface area contributed by atoms with E-state index in [0.29, 0.717) is 11.7 Å². The number of nitrogens with one attached hydrogen (secondary N) is 1. The Labute approximate surface area is 136 Å². The topological polar surface area (TPSA) is 50.2 Å². The van der Waals surface area contributed by atoms with E-state index in [-0.39, 0.29) is 11.9 Å². The van der Waals surface area contributed by atoms with Gasteiger partial charge in [-0.3, -0.25) is 9.48 Å². The quantitative estimate of drug-likeness (QED) is 0.944. The van der Waals surface area contributed by atoms with Crippen LogP contribution in [0.2, 0.25) is 0 Å². The SMILES string of the molecule is Cn1nc(NC(=O)C2CCCN2c2ccccc2)cc1C1CC1. The van der Waals surface area contributed by atoms with Gasteiger partial charge >= 0.3 is 0 Å². The molecule has 1 saturated carbocycles. The highest BCUT2D eigenvalue weighted by atomic mass is 16.2. The Morgan fingerprint density at radius 2 is 2.00 bits per heavy atom. The van der Waals surface area contributed by atoms with Crippen molar-refractivity contribution in [1.29, 1.82) is 0 Å². The molecule has 23 heavy (non-hydrogen) atoms. The van der Waals surface area contributed by atoms with E-state index in [0.717, 1.165) is 25.1 Å². The molecule has 5 heteroatoms. The highest BCUT2D eigenvalue weighted by Gasteiger charge is 2.32. The minimum Gasteiger partial charge on any atom is -0.360 e. The number of hydrogen-bond acceptors (Lipinski definition) is 3. The van der Waals surface area contributed by atoms with E-state index in [1.54, 1.807) is 0 Å². The fourth-order valence-corrected chi connectivity index (χ4v) is 3.48. The van der Waals surface area contributed by atoms with Gasteiger partial charge in [0.1, 0.15) is 6.04 Å². The molecule has 1 aliphatic carbocycles. The summed E-state index contributed by atoms with van der Waals surface area (Å²) in [4.78, 5) is 14.9. The molecule has 1 aromatic carbocycles. The maximum Gasteiger partial charge on any atom is 0.248 e. The van der Waals surface area contributed by atoms with Crippen molar-refractivity contribution in [1.82, 2.24) is 9.78 Å². The number of aryl methyl sites for hydroxylation is 1. The first kappa shape index (κ1) is 14.3. The Morgan fingerprint density at radius 1 is 1.22 bits per heavy atom. The van der Waals surface area contributed by atoms with Crippen LogP contribution in [-0.4, -0.2) is 28.3 Å². The molecule has 4 rings (SSSR count). The first-order valence-corrected chi connectivity index (χ1v) is 8.39. The Bertz CT molecular complexity index is 705. The molecule has 0 radical (unpaired) electrons. The van der Waals surface area contributed by atoms with Gasteiger partial charge in [-0.2, -0.15) is 5.10 Å². The Morgan fingerprint density at radius 3 is 2.74 bits per heavy atom. The molecule has 120 valence electrons. The van der Waals surface area contributed by atoms with E-state index in [4.69, 9.17) is 0 Å². The lowest BCUT2D eigenvalue weighted by Gasteiger charge is -2.25. The normalized spacial score (nSPS) is 20.7. The zero-order chi connectivity index (χ0) is 15.8. The molecule has 1 saturated heterocycles. The summed E-state index contributed by atoms with van der Waals surface area (Å²) in [5, 5.41) is 7.46. The van der Waals surface area contributed by atoms with Crippen LogP contribution in [0.5, 0.6) is 0 Å². The lowest BCUT2D eigenvalue weighted by Crippen LogP contribution is -2.39. The van der Waals surface area contributed by atoms with Crippen LogP contribution in [0, 0.1) is 0 Å². The lowest BCUT2D eigenvalue weighted by atomic mass is 10.2. The number of amides is 1. The zero-order valence-electron chi connectivity index (χ0n) is 13.4. The molecule has 1 atom stereocenters. The zero-order valence-corrected chi connectivity index (χ0v) is 13.4. The number of anilines is 2. The van der Waals surface area contributed by atoms with Gasteiger partial charge in [-0.1, -0.05) is 18.2 Å². The Balaban J connectivity index is 1.48. The fraction of sp³-hybridized carbons (Fsp3) is 0.444. The predicted octanol–water partition coefficient (Wildman–Crippen LogP) is 2.91. The summed E-state index contributed by atoms with van der Waals surface area (Å²) in [7, 11) is 1.95. The van der Waals surface area contributed by atoms with E-state index < -0.39 is 0 Å². The van der Waals surface area contributed by atoms with E-state index >= 15 is 0 Å². The molecule has 2 heterocycles. The first-order chi connectivity index (χ1) is 11.2. The number of aromatic nitrogens is 2. The van der Waals surface area contributed by atoms with Crippen molar-refractivity contribution in [3.8, 4) is 0 Å². The lowest BCUT2D eigenvalue weighted by molar-refractivity contribution is -0.117. The molecule has 1 N–H and O–H groups in total. The number of nitrogens with zero attached hydrogens (tertiary/aromatic N) is 3. The molecule has 2 aliphatic rings. The van der Waals surface area contributed by atoms with Crippen molar-refractivity contribution in [2.45, 2.75) is 37.6 Å². The number of para-hydroxylation sites is 1. The van der Waals surface area contributed by atoms with Crippen molar-refractivity contribution in [3.63, 3.8) is 0 Å². The first-order valence-electron chi connectivity index (χ1n) is 8.39. The van der Waals surface area contributed by atoms with Crippen LogP contribution < -0.4 is 10.2 Å². The third kappa shape index (κ3) is 2.83. The van der Waals surface area contributed by atoms with Gasteiger partial charge in [0.05, 0.1) is 0 Å². The summed E-state index contributed by atoms with van der Waals surface area (Å²) in [6.45, 7) is 0.928. The molecule has 1 amide bonds. The molecule has 0 spiro atoms. The maximum atomic E-state index is 12.7. The van der Waals surface area contributed by atoms with Crippen molar-refractivity contribution in [3.05, 3.63) is 42.1 Å². The average molecular weight is 310 g/mol. The number of benzene rings is 1. The standard InChI is InChI=1S/C18H22N4O/c1-21-16(13-9-10-13)12-17(20-21)19-18(23)15-8-5-11-22(15)14-6-3-2-4-7-14/h2-4,6-7,12-13,15H,5,8-11H2,1H3,(H,19,20,23). The predicted molar refractivity (Wildman–Crippen MR) is 90.6 cm³/mol. The van der Waals surface area contributed by atoms with Crippen molar-refractivity contribution in [2.75, 3.05) is 16.8 Å². The van der Waals surface area contributed by atoms with Crippen molar-refractivity contribution >= 4 is 17.4 Å². The van der Waals surface area contributed by atoms with Gasteiger partial charge in [0.15, 0.2) is 5.82 Å². The minimum atomic E-state index is -0.108. The summed E-state index contributed by atoms with van der Waals surface area (Å²) in [5.41, 5.74) is 2.34. The Hall–Kier alpha value is -2.30. The second kappa shape index (κ2) is 5.72. The summed E-state index contributed by atoms with van der Waals surface area (Å²) < 4.78 is 1.90. The maximum absolute atomic E-state index is 12.7. The number of hydrogen-bond donors (Lipinski definition) is 1. The van der Waals surface area contributed by atoms with Gasteiger partial charge in [0.25, 0.3) is 0 Å². The van der Waals surface area contributed by atoms with Gasteiger partial charge in [0, 0.05) is 37.0 Å². The second-order valence-electron chi connectivity index (χ2n) is 6.53. The largest absolute Gasteiger partial charge is 0.360 e. The van der Waals surface area contributed by atoms with Crippen LogP contribution >= 0.6 is 0 Å². The fourth-order valence-electron chi connectivity index (χ4n) is 3.48. The number of rotatable bonds is 4.